The Hall–Kier alpha value is -1.42. The van der Waals surface area contributed by atoms with E-state index < -0.39 is 6.09 Å². The van der Waals surface area contributed by atoms with Gasteiger partial charge in [-0.2, -0.15) is 0 Å². The lowest BCUT2D eigenvalue weighted by Crippen LogP contribution is -2.23. The monoisotopic (exact) mass is 261 g/mol. The van der Waals surface area contributed by atoms with Crippen molar-refractivity contribution in [2.24, 2.45) is 0 Å². The third-order valence-corrected chi connectivity index (χ3v) is 4.43. The molecule has 3 nitrogen and oxygen atoms in total. The molecule has 3 rings (SSSR count). The van der Waals surface area contributed by atoms with Gasteiger partial charge in [-0.15, -0.1) is 11.8 Å². The molecule has 1 aromatic rings. The molecule has 0 fully saturated rings. The average Bonchev–Trinajstić information content (AvgIpc) is 3.00. The first-order valence-electron chi connectivity index (χ1n) is 6.03. The number of carbonyl (C=O) groups is 1. The van der Waals surface area contributed by atoms with Gasteiger partial charge in [0.1, 0.15) is 5.75 Å². The van der Waals surface area contributed by atoms with E-state index in [2.05, 4.69) is 29.6 Å². The van der Waals surface area contributed by atoms with Crippen LogP contribution in [0.25, 0.3) is 0 Å². The van der Waals surface area contributed by atoms with Crippen molar-refractivity contribution in [3.05, 3.63) is 35.4 Å². The molecule has 2 aliphatic carbocycles. The molecular formula is C14H15NO2S. The summed E-state index contributed by atoms with van der Waals surface area (Å²) in [4.78, 5) is 12.5. The minimum absolute atomic E-state index is 0.398. The van der Waals surface area contributed by atoms with E-state index in [1.54, 1.807) is 18.8 Å². The van der Waals surface area contributed by atoms with Crippen LogP contribution in [-0.4, -0.2) is 19.4 Å². The zero-order valence-electron chi connectivity index (χ0n) is 10.4. The lowest BCUT2D eigenvalue weighted by molar-refractivity contribution is 0.201. The van der Waals surface area contributed by atoms with Crippen molar-refractivity contribution in [3.63, 3.8) is 0 Å². The standard InChI is InChI=1S/C14H15NO2S/c1-15-14(16)17-13-11(18-2)6-5-10-8-3-4-9(7-8)12(10)13/h3-6,8-9H,7H2,1-2H3,(H,15,16). The van der Waals surface area contributed by atoms with Crippen LogP contribution in [0.1, 0.15) is 29.4 Å². The van der Waals surface area contributed by atoms with Gasteiger partial charge in [-0.05, 0) is 24.3 Å². The molecule has 0 saturated heterocycles. The highest BCUT2D eigenvalue weighted by molar-refractivity contribution is 7.98. The summed E-state index contributed by atoms with van der Waals surface area (Å²) in [5.41, 5.74) is 2.53. The summed E-state index contributed by atoms with van der Waals surface area (Å²) in [6.45, 7) is 0. The number of amides is 1. The number of fused-ring (bicyclic) bond motifs is 5. The molecule has 2 aliphatic rings. The van der Waals surface area contributed by atoms with Gasteiger partial charge in [0.25, 0.3) is 0 Å². The smallest absolute Gasteiger partial charge is 0.409 e. The predicted octanol–water partition coefficient (Wildman–Crippen LogP) is 3.27. The predicted molar refractivity (Wildman–Crippen MR) is 72.5 cm³/mol. The molecule has 1 aromatic carbocycles. The van der Waals surface area contributed by atoms with E-state index in [1.165, 1.54) is 11.1 Å². The Bertz CT molecular complexity index is 539. The fourth-order valence-electron chi connectivity index (χ4n) is 2.85. The van der Waals surface area contributed by atoms with E-state index in [9.17, 15) is 4.79 Å². The molecule has 0 aliphatic heterocycles. The van der Waals surface area contributed by atoms with Crippen molar-refractivity contribution >= 4 is 17.9 Å². The lowest BCUT2D eigenvalue weighted by atomic mass is 9.96. The van der Waals surface area contributed by atoms with Crippen molar-refractivity contribution in [3.8, 4) is 5.75 Å². The Morgan fingerprint density at radius 2 is 2.17 bits per heavy atom. The Kier molecular flexibility index (Phi) is 2.82. The quantitative estimate of drug-likeness (QED) is 0.656. The summed E-state index contributed by atoms with van der Waals surface area (Å²) >= 11 is 1.61. The number of ether oxygens (including phenoxy) is 1. The van der Waals surface area contributed by atoms with Gasteiger partial charge >= 0.3 is 6.09 Å². The number of thioether (sulfide) groups is 1. The maximum absolute atomic E-state index is 11.5. The Morgan fingerprint density at radius 3 is 2.89 bits per heavy atom. The van der Waals surface area contributed by atoms with Crippen LogP contribution in [0, 0.1) is 0 Å². The minimum Gasteiger partial charge on any atom is -0.409 e. The first-order chi connectivity index (χ1) is 8.74. The van der Waals surface area contributed by atoms with Gasteiger partial charge in [-0.25, -0.2) is 4.79 Å². The van der Waals surface area contributed by atoms with Crippen LogP contribution in [0.15, 0.2) is 29.2 Å². The molecule has 2 atom stereocenters. The van der Waals surface area contributed by atoms with Crippen molar-refractivity contribution in [2.75, 3.05) is 13.3 Å². The van der Waals surface area contributed by atoms with Crippen LogP contribution in [0.3, 0.4) is 0 Å². The summed E-state index contributed by atoms with van der Waals surface area (Å²) in [6.07, 6.45) is 7.22. The van der Waals surface area contributed by atoms with Crippen molar-refractivity contribution in [2.45, 2.75) is 23.2 Å². The molecule has 4 heteroatoms. The second-order valence-electron chi connectivity index (χ2n) is 4.57. The fourth-order valence-corrected chi connectivity index (χ4v) is 3.40. The van der Waals surface area contributed by atoms with Gasteiger partial charge in [0.15, 0.2) is 0 Å². The Morgan fingerprint density at radius 1 is 1.39 bits per heavy atom. The molecule has 0 heterocycles. The van der Waals surface area contributed by atoms with Gasteiger partial charge in [0.2, 0.25) is 0 Å². The highest BCUT2D eigenvalue weighted by Crippen LogP contribution is 2.53. The van der Waals surface area contributed by atoms with Gasteiger partial charge in [-0.3, -0.25) is 0 Å². The van der Waals surface area contributed by atoms with Crippen LogP contribution < -0.4 is 10.1 Å². The second-order valence-corrected chi connectivity index (χ2v) is 5.42. The third-order valence-electron chi connectivity index (χ3n) is 3.67. The number of hydrogen-bond acceptors (Lipinski definition) is 3. The number of allylic oxidation sites excluding steroid dienone is 2. The maximum atomic E-state index is 11.5. The summed E-state index contributed by atoms with van der Waals surface area (Å²) < 4.78 is 5.48. The maximum Gasteiger partial charge on any atom is 0.412 e. The second kappa shape index (κ2) is 4.35. The molecule has 1 N–H and O–H groups in total. The molecule has 2 unspecified atom stereocenters. The van der Waals surface area contributed by atoms with E-state index in [0.29, 0.717) is 11.8 Å². The van der Waals surface area contributed by atoms with Gasteiger partial charge < -0.3 is 10.1 Å². The normalized spacial score (nSPS) is 23.0. The molecule has 0 radical (unpaired) electrons. The average molecular weight is 261 g/mol. The molecule has 2 bridgehead atoms. The zero-order valence-corrected chi connectivity index (χ0v) is 11.2. The van der Waals surface area contributed by atoms with Crippen LogP contribution in [0.5, 0.6) is 5.75 Å². The Labute approximate surface area is 111 Å². The van der Waals surface area contributed by atoms with E-state index >= 15 is 0 Å². The van der Waals surface area contributed by atoms with Crippen LogP contribution in [-0.2, 0) is 0 Å². The first kappa shape index (κ1) is 11.7. The van der Waals surface area contributed by atoms with Gasteiger partial charge in [-0.1, -0.05) is 18.2 Å². The molecule has 0 spiro atoms. The molecule has 18 heavy (non-hydrogen) atoms. The third kappa shape index (κ3) is 1.63. The van der Waals surface area contributed by atoms with Gasteiger partial charge in [0.05, 0.1) is 4.90 Å². The SMILES string of the molecule is CNC(=O)Oc1c(SC)ccc2c1C1C=CC2C1. The lowest BCUT2D eigenvalue weighted by Gasteiger charge is -2.17. The number of nitrogens with one attached hydrogen (secondary N) is 1. The first-order valence-corrected chi connectivity index (χ1v) is 7.25. The fraction of sp³-hybridized carbons (Fsp3) is 0.357. The highest BCUT2D eigenvalue weighted by atomic mass is 32.2. The van der Waals surface area contributed by atoms with Crippen molar-refractivity contribution in [1.29, 1.82) is 0 Å². The van der Waals surface area contributed by atoms with E-state index in [-0.39, 0.29) is 0 Å². The zero-order chi connectivity index (χ0) is 12.7. The molecule has 1 amide bonds. The van der Waals surface area contributed by atoms with E-state index in [4.69, 9.17) is 4.74 Å². The summed E-state index contributed by atoms with van der Waals surface area (Å²) in [5.74, 6) is 1.67. The van der Waals surface area contributed by atoms with Crippen molar-refractivity contribution < 1.29 is 9.53 Å². The van der Waals surface area contributed by atoms with Crippen LogP contribution in [0.2, 0.25) is 0 Å². The summed E-state index contributed by atoms with van der Waals surface area (Å²) in [6, 6.07) is 4.22. The van der Waals surface area contributed by atoms with Gasteiger partial charge in [0, 0.05) is 24.4 Å². The number of carbonyl (C=O) groups excluding carboxylic acids is 1. The topological polar surface area (TPSA) is 38.3 Å². The molecule has 0 aromatic heterocycles. The largest absolute Gasteiger partial charge is 0.412 e. The molecule has 0 saturated carbocycles. The molecular weight excluding hydrogens is 246 g/mol. The van der Waals surface area contributed by atoms with Crippen LogP contribution >= 0.6 is 11.8 Å². The minimum atomic E-state index is -0.398. The summed E-state index contributed by atoms with van der Waals surface area (Å²) in [5, 5.41) is 2.51. The number of hydrogen-bond donors (Lipinski definition) is 1. The Balaban J connectivity index is 2.09. The highest BCUT2D eigenvalue weighted by Gasteiger charge is 2.36. The summed E-state index contributed by atoms with van der Waals surface area (Å²) in [7, 11) is 1.58. The number of rotatable bonds is 2. The van der Waals surface area contributed by atoms with E-state index in [1.807, 2.05) is 6.26 Å². The number of benzene rings is 1. The molecule has 94 valence electrons. The van der Waals surface area contributed by atoms with Crippen molar-refractivity contribution in [1.82, 2.24) is 5.32 Å². The van der Waals surface area contributed by atoms with Crippen LogP contribution in [0.4, 0.5) is 4.79 Å². The van der Waals surface area contributed by atoms with E-state index in [0.717, 1.165) is 17.1 Å².